The second-order valence-corrected chi connectivity index (χ2v) is 5.65. The van der Waals surface area contributed by atoms with Crippen molar-refractivity contribution in [1.82, 2.24) is 4.72 Å². The van der Waals surface area contributed by atoms with Crippen molar-refractivity contribution in [2.75, 3.05) is 12.3 Å². The Balaban J connectivity index is 2.47. The number of nitrogens with one attached hydrogen (secondary N) is 1. The van der Waals surface area contributed by atoms with Gasteiger partial charge in [0.2, 0.25) is 10.0 Å². The molecule has 6 heteroatoms. The van der Waals surface area contributed by atoms with Crippen LogP contribution < -0.4 is 10.5 Å². The van der Waals surface area contributed by atoms with Crippen molar-refractivity contribution in [3.05, 3.63) is 35.6 Å². The predicted octanol–water partition coefficient (Wildman–Crippen LogP) is 0.984. The summed E-state index contributed by atoms with van der Waals surface area (Å²) in [6, 6.07) is 6.09. The van der Waals surface area contributed by atoms with Gasteiger partial charge in [0.15, 0.2) is 0 Å². The number of unbranched alkanes of at least 4 members (excludes halogenated alkanes) is 1. The van der Waals surface area contributed by atoms with Gasteiger partial charge in [-0.1, -0.05) is 18.2 Å². The Kier molecular flexibility index (Phi) is 5.54. The van der Waals surface area contributed by atoms with E-state index in [9.17, 15) is 12.8 Å². The molecule has 0 aliphatic rings. The van der Waals surface area contributed by atoms with Gasteiger partial charge in [-0.15, -0.1) is 0 Å². The first-order valence-electron chi connectivity index (χ1n) is 5.46. The van der Waals surface area contributed by atoms with Crippen molar-refractivity contribution in [2.45, 2.75) is 19.4 Å². The van der Waals surface area contributed by atoms with Gasteiger partial charge in [-0.25, -0.2) is 17.5 Å². The third-order valence-corrected chi connectivity index (χ3v) is 3.72. The summed E-state index contributed by atoms with van der Waals surface area (Å²) in [6.45, 7) is 0.459. The molecule has 0 heterocycles. The summed E-state index contributed by atoms with van der Waals surface area (Å²) in [6.07, 6.45) is 1.18. The average molecular weight is 260 g/mol. The van der Waals surface area contributed by atoms with E-state index in [0.717, 1.165) is 0 Å². The maximum absolute atomic E-state index is 13.2. The largest absolute Gasteiger partial charge is 0.330 e. The molecule has 1 aromatic carbocycles. The fourth-order valence-electron chi connectivity index (χ4n) is 1.34. The number of rotatable bonds is 7. The van der Waals surface area contributed by atoms with E-state index < -0.39 is 15.8 Å². The molecule has 0 saturated heterocycles. The van der Waals surface area contributed by atoms with Crippen molar-refractivity contribution in [3.8, 4) is 0 Å². The zero-order valence-corrected chi connectivity index (χ0v) is 10.3. The molecule has 0 atom stereocenters. The molecule has 1 aromatic rings. The molecule has 0 aliphatic carbocycles. The van der Waals surface area contributed by atoms with Crippen molar-refractivity contribution in [1.29, 1.82) is 0 Å². The third-order valence-electron chi connectivity index (χ3n) is 2.31. The molecule has 0 aliphatic heterocycles. The Morgan fingerprint density at radius 2 is 1.94 bits per heavy atom. The first kappa shape index (κ1) is 14.1. The molecule has 0 bridgehead atoms. The Hall–Kier alpha value is -0.980. The minimum absolute atomic E-state index is 0.0162. The number of benzene rings is 1. The minimum Gasteiger partial charge on any atom is -0.330 e. The zero-order chi connectivity index (χ0) is 12.7. The molecule has 3 N–H and O–H groups in total. The fourth-order valence-corrected chi connectivity index (χ4v) is 2.44. The summed E-state index contributed by atoms with van der Waals surface area (Å²) in [5, 5.41) is 0. The van der Waals surface area contributed by atoms with Crippen LogP contribution in [-0.4, -0.2) is 20.7 Å². The van der Waals surface area contributed by atoms with Gasteiger partial charge in [0.05, 0.1) is 5.75 Å². The van der Waals surface area contributed by atoms with Gasteiger partial charge < -0.3 is 5.73 Å². The van der Waals surface area contributed by atoms with E-state index >= 15 is 0 Å². The normalized spacial score (nSPS) is 11.6. The number of hydrogen-bond donors (Lipinski definition) is 2. The fraction of sp³-hybridized carbons (Fsp3) is 0.455. The van der Waals surface area contributed by atoms with Crippen LogP contribution in [-0.2, 0) is 16.6 Å². The van der Waals surface area contributed by atoms with Gasteiger partial charge in [-0.2, -0.15) is 0 Å². The molecule has 0 amide bonds. The molecular weight excluding hydrogens is 243 g/mol. The maximum Gasteiger partial charge on any atom is 0.211 e. The van der Waals surface area contributed by atoms with E-state index in [4.69, 9.17) is 5.73 Å². The summed E-state index contributed by atoms with van der Waals surface area (Å²) >= 11 is 0. The highest BCUT2D eigenvalue weighted by atomic mass is 32.2. The Morgan fingerprint density at radius 3 is 2.59 bits per heavy atom. The van der Waals surface area contributed by atoms with Crippen LogP contribution in [0.25, 0.3) is 0 Å². The molecule has 4 nitrogen and oxygen atoms in total. The lowest BCUT2D eigenvalue weighted by molar-refractivity contribution is 0.571. The lowest BCUT2D eigenvalue weighted by Crippen LogP contribution is -2.26. The molecule has 1 rings (SSSR count). The van der Waals surface area contributed by atoms with E-state index in [0.29, 0.717) is 24.9 Å². The number of halogens is 1. The van der Waals surface area contributed by atoms with Gasteiger partial charge in [0.1, 0.15) is 5.82 Å². The van der Waals surface area contributed by atoms with Crippen LogP contribution in [0.2, 0.25) is 0 Å². The van der Waals surface area contributed by atoms with Gasteiger partial charge in [0.25, 0.3) is 0 Å². The van der Waals surface area contributed by atoms with Crippen molar-refractivity contribution in [2.24, 2.45) is 5.73 Å². The van der Waals surface area contributed by atoms with Crippen LogP contribution in [0.5, 0.6) is 0 Å². The molecule has 0 spiro atoms. The standard InChI is InChI=1S/C11H17FN2O2S/c12-11-6-2-1-5-10(11)9-14-17(15,16)8-4-3-7-13/h1-2,5-6,14H,3-4,7-9,13H2. The Labute approximate surface area is 101 Å². The van der Waals surface area contributed by atoms with Crippen LogP contribution >= 0.6 is 0 Å². The Morgan fingerprint density at radius 1 is 1.24 bits per heavy atom. The summed E-state index contributed by atoms with van der Waals surface area (Å²) < 4.78 is 38.6. The second-order valence-electron chi connectivity index (χ2n) is 3.73. The van der Waals surface area contributed by atoms with Crippen LogP contribution in [0.4, 0.5) is 4.39 Å². The monoisotopic (exact) mass is 260 g/mol. The van der Waals surface area contributed by atoms with E-state index in [2.05, 4.69) is 4.72 Å². The zero-order valence-electron chi connectivity index (χ0n) is 9.52. The second kappa shape index (κ2) is 6.68. The average Bonchev–Trinajstić information content (AvgIpc) is 2.28. The SMILES string of the molecule is NCCCCS(=O)(=O)NCc1ccccc1F. The number of sulfonamides is 1. The molecule has 0 radical (unpaired) electrons. The third kappa shape index (κ3) is 5.25. The van der Waals surface area contributed by atoms with Crippen LogP contribution in [0.15, 0.2) is 24.3 Å². The van der Waals surface area contributed by atoms with Gasteiger partial charge >= 0.3 is 0 Å². The summed E-state index contributed by atoms with van der Waals surface area (Å²) in [7, 11) is -3.34. The van der Waals surface area contributed by atoms with Gasteiger partial charge in [0, 0.05) is 12.1 Å². The predicted molar refractivity (Wildman–Crippen MR) is 65.3 cm³/mol. The molecule has 0 saturated carbocycles. The van der Waals surface area contributed by atoms with E-state index in [1.54, 1.807) is 18.2 Å². The maximum atomic E-state index is 13.2. The number of nitrogens with two attached hydrogens (primary N) is 1. The van der Waals surface area contributed by atoms with Crippen molar-refractivity contribution in [3.63, 3.8) is 0 Å². The lowest BCUT2D eigenvalue weighted by atomic mass is 10.2. The first-order chi connectivity index (χ1) is 8.05. The lowest BCUT2D eigenvalue weighted by Gasteiger charge is -2.07. The van der Waals surface area contributed by atoms with Crippen molar-refractivity contribution >= 4 is 10.0 Å². The van der Waals surface area contributed by atoms with E-state index in [1.807, 2.05) is 0 Å². The molecule has 96 valence electrons. The van der Waals surface area contributed by atoms with Gasteiger partial charge in [-0.05, 0) is 25.5 Å². The highest BCUT2D eigenvalue weighted by Crippen LogP contribution is 2.06. The summed E-state index contributed by atoms with van der Waals surface area (Å²) in [5.41, 5.74) is 5.62. The van der Waals surface area contributed by atoms with Gasteiger partial charge in [-0.3, -0.25) is 0 Å². The number of hydrogen-bond acceptors (Lipinski definition) is 3. The smallest absolute Gasteiger partial charge is 0.211 e. The topological polar surface area (TPSA) is 72.2 Å². The molecule has 0 fully saturated rings. The highest BCUT2D eigenvalue weighted by molar-refractivity contribution is 7.89. The van der Waals surface area contributed by atoms with Crippen LogP contribution in [0, 0.1) is 5.82 Å². The van der Waals surface area contributed by atoms with E-state index in [1.165, 1.54) is 6.07 Å². The summed E-state index contributed by atoms with van der Waals surface area (Å²) in [4.78, 5) is 0. The Bertz CT molecular complexity index is 449. The quantitative estimate of drug-likeness (QED) is 0.718. The van der Waals surface area contributed by atoms with E-state index in [-0.39, 0.29) is 12.3 Å². The van der Waals surface area contributed by atoms with Crippen LogP contribution in [0.1, 0.15) is 18.4 Å². The minimum atomic E-state index is -3.34. The molecule has 17 heavy (non-hydrogen) atoms. The van der Waals surface area contributed by atoms with Crippen LogP contribution in [0.3, 0.4) is 0 Å². The highest BCUT2D eigenvalue weighted by Gasteiger charge is 2.10. The summed E-state index contributed by atoms with van der Waals surface area (Å²) in [5.74, 6) is -0.379. The molecular formula is C11H17FN2O2S. The molecule has 0 unspecified atom stereocenters. The molecule has 0 aromatic heterocycles. The van der Waals surface area contributed by atoms with Crippen molar-refractivity contribution < 1.29 is 12.8 Å². The first-order valence-corrected chi connectivity index (χ1v) is 7.11.